The van der Waals surface area contributed by atoms with Gasteiger partial charge in [0.05, 0.1) is 29.6 Å². The van der Waals surface area contributed by atoms with Crippen molar-refractivity contribution >= 4 is 39.4 Å². The second-order valence-electron chi connectivity index (χ2n) is 4.94. The van der Waals surface area contributed by atoms with E-state index in [1.807, 2.05) is 17.5 Å². The average molecular weight is 360 g/mol. The average Bonchev–Trinajstić information content (AvgIpc) is 3.23. The largest absolute Gasteiger partial charge is 0.481 e. The molecule has 0 spiro atoms. The molecule has 0 radical (unpaired) electrons. The Morgan fingerprint density at radius 3 is 2.92 bits per heavy atom. The normalized spacial score (nSPS) is 10.5. The van der Waals surface area contributed by atoms with Crippen LogP contribution >= 0.6 is 22.7 Å². The van der Waals surface area contributed by atoms with Gasteiger partial charge in [0.1, 0.15) is 0 Å². The Morgan fingerprint density at radius 1 is 1.38 bits per heavy atom. The number of aryl methyl sites for hydroxylation is 1. The predicted octanol–water partition coefficient (Wildman–Crippen LogP) is 3.43. The number of nitrogens with one attached hydrogen (secondary N) is 1. The summed E-state index contributed by atoms with van der Waals surface area (Å²) in [7, 11) is 1.55. The highest BCUT2D eigenvalue weighted by molar-refractivity contribution is 7.17. The van der Waals surface area contributed by atoms with E-state index < -0.39 is 0 Å². The molecule has 6 nitrogen and oxygen atoms in total. The van der Waals surface area contributed by atoms with E-state index in [9.17, 15) is 4.79 Å². The number of thiophene rings is 1. The van der Waals surface area contributed by atoms with E-state index in [4.69, 9.17) is 10.5 Å². The van der Waals surface area contributed by atoms with Gasteiger partial charge < -0.3 is 15.8 Å². The van der Waals surface area contributed by atoms with Crippen LogP contribution in [0.4, 0.5) is 10.8 Å². The number of hydrogen-bond acceptors (Lipinski definition) is 7. The van der Waals surface area contributed by atoms with Gasteiger partial charge in [0, 0.05) is 17.4 Å². The van der Waals surface area contributed by atoms with Gasteiger partial charge in [0.25, 0.3) is 0 Å². The molecule has 0 aliphatic heterocycles. The molecule has 0 bridgehead atoms. The molecule has 0 unspecified atom stereocenters. The van der Waals surface area contributed by atoms with E-state index in [1.165, 1.54) is 11.3 Å². The van der Waals surface area contributed by atoms with Gasteiger partial charge in [-0.25, -0.2) is 9.97 Å². The van der Waals surface area contributed by atoms with E-state index in [1.54, 1.807) is 36.8 Å². The van der Waals surface area contributed by atoms with Crippen LogP contribution in [-0.4, -0.2) is 23.0 Å². The fourth-order valence-corrected chi connectivity index (χ4v) is 3.82. The molecular weight excluding hydrogens is 344 g/mol. The summed E-state index contributed by atoms with van der Waals surface area (Å²) in [5.41, 5.74) is 7.36. The Morgan fingerprint density at radius 2 is 2.25 bits per heavy atom. The molecule has 24 heavy (non-hydrogen) atoms. The zero-order chi connectivity index (χ0) is 16.9. The third-order valence-electron chi connectivity index (χ3n) is 3.28. The highest BCUT2D eigenvalue weighted by Crippen LogP contribution is 2.33. The summed E-state index contributed by atoms with van der Waals surface area (Å²) in [6.45, 7) is 0. The SMILES string of the molecule is COc1ccc(NC(=O)CCc2sc(N)nc2-c2cccs2)cn1. The van der Waals surface area contributed by atoms with Crippen molar-refractivity contribution < 1.29 is 9.53 Å². The van der Waals surface area contributed by atoms with E-state index in [2.05, 4.69) is 15.3 Å². The number of carbonyl (C=O) groups is 1. The van der Waals surface area contributed by atoms with Crippen LogP contribution in [0.2, 0.25) is 0 Å². The quantitative estimate of drug-likeness (QED) is 0.703. The first-order valence-corrected chi connectivity index (χ1v) is 8.94. The molecule has 0 saturated carbocycles. The summed E-state index contributed by atoms with van der Waals surface area (Å²) >= 11 is 3.04. The van der Waals surface area contributed by atoms with Crippen LogP contribution in [0.15, 0.2) is 35.8 Å². The van der Waals surface area contributed by atoms with Crippen LogP contribution in [-0.2, 0) is 11.2 Å². The second-order valence-corrected chi connectivity index (χ2v) is 7.00. The third-order valence-corrected chi connectivity index (χ3v) is 5.10. The van der Waals surface area contributed by atoms with Crippen LogP contribution in [0.25, 0.3) is 10.6 Å². The number of carbonyl (C=O) groups excluding carboxylic acids is 1. The molecule has 3 N–H and O–H groups in total. The van der Waals surface area contributed by atoms with Gasteiger partial charge in [0.15, 0.2) is 5.13 Å². The molecule has 0 aliphatic carbocycles. The number of nitrogens with zero attached hydrogens (tertiary/aromatic N) is 2. The van der Waals surface area contributed by atoms with E-state index in [-0.39, 0.29) is 5.91 Å². The number of ether oxygens (including phenoxy) is 1. The number of thiazole rings is 1. The van der Waals surface area contributed by atoms with Crippen LogP contribution in [0, 0.1) is 0 Å². The second kappa shape index (κ2) is 7.41. The number of nitrogens with two attached hydrogens (primary N) is 1. The number of rotatable bonds is 6. The van der Waals surface area contributed by atoms with Gasteiger partial charge >= 0.3 is 0 Å². The Hall–Kier alpha value is -2.45. The van der Waals surface area contributed by atoms with E-state index in [0.29, 0.717) is 29.5 Å². The van der Waals surface area contributed by atoms with E-state index in [0.717, 1.165) is 15.4 Å². The maximum Gasteiger partial charge on any atom is 0.224 e. The third kappa shape index (κ3) is 3.90. The summed E-state index contributed by atoms with van der Waals surface area (Å²) < 4.78 is 4.99. The lowest BCUT2D eigenvalue weighted by molar-refractivity contribution is -0.116. The highest BCUT2D eigenvalue weighted by Gasteiger charge is 2.14. The summed E-state index contributed by atoms with van der Waals surface area (Å²) in [4.78, 5) is 22.7. The molecule has 3 aromatic heterocycles. The standard InChI is InChI=1S/C16H16N4O2S2/c1-22-14-7-4-10(9-18-14)19-13(21)6-5-12-15(20-16(17)24-12)11-3-2-8-23-11/h2-4,7-9H,5-6H2,1H3,(H2,17,20)(H,19,21). The minimum absolute atomic E-state index is 0.0777. The van der Waals surface area contributed by atoms with Gasteiger partial charge in [-0.05, 0) is 23.9 Å². The van der Waals surface area contributed by atoms with Crippen LogP contribution in [0.3, 0.4) is 0 Å². The van der Waals surface area contributed by atoms with Crippen molar-refractivity contribution in [3.05, 3.63) is 40.7 Å². The van der Waals surface area contributed by atoms with Gasteiger partial charge in [-0.2, -0.15) is 0 Å². The smallest absolute Gasteiger partial charge is 0.224 e. The van der Waals surface area contributed by atoms with Crippen molar-refractivity contribution in [2.75, 3.05) is 18.2 Å². The van der Waals surface area contributed by atoms with Crippen LogP contribution in [0.5, 0.6) is 5.88 Å². The molecule has 3 aromatic rings. The highest BCUT2D eigenvalue weighted by atomic mass is 32.1. The predicted molar refractivity (Wildman–Crippen MR) is 97.6 cm³/mol. The van der Waals surface area contributed by atoms with E-state index >= 15 is 0 Å². The molecule has 0 fully saturated rings. The van der Waals surface area contributed by atoms with Crippen LogP contribution in [0.1, 0.15) is 11.3 Å². The molecule has 0 aromatic carbocycles. The van der Waals surface area contributed by atoms with Crippen molar-refractivity contribution in [1.82, 2.24) is 9.97 Å². The molecule has 3 heterocycles. The Kier molecular flexibility index (Phi) is 5.07. The van der Waals surface area contributed by atoms with Crippen molar-refractivity contribution in [3.63, 3.8) is 0 Å². The summed E-state index contributed by atoms with van der Waals surface area (Å²) in [5, 5.41) is 5.34. The lowest BCUT2D eigenvalue weighted by Gasteiger charge is -2.05. The van der Waals surface area contributed by atoms with Gasteiger partial charge in [-0.1, -0.05) is 6.07 Å². The Bertz CT molecular complexity index is 813. The van der Waals surface area contributed by atoms with Gasteiger partial charge in [-0.3, -0.25) is 4.79 Å². The lowest BCUT2D eigenvalue weighted by atomic mass is 10.2. The number of methoxy groups -OCH3 is 1. The fourth-order valence-electron chi connectivity index (χ4n) is 2.17. The number of pyridine rings is 1. The first-order chi connectivity index (χ1) is 11.7. The first-order valence-electron chi connectivity index (χ1n) is 7.24. The number of nitrogen functional groups attached to an aromatic ring is 1. The van der Waals surface area contributed by atoms with Crippen LogP contribution < -0.4 is 15.8 Å². The number of anilines is 2. The molecule has 0 atom stereocenters. The van der Waals surface area contributed by atoms with Crippen molar-refractivity contribution in [2.24, 2.45) is 0 Å². The molecule has 0 aliphatic rings. The minimum Gasteiger partial charge on any atom is -0.481 e. The van der Waals surface area contributed by atoms with Gasteiger partial charge in [0.2, 0.25) is 11.8 Å². The molecule has 124 valence electrons. The molecule has 8 heteroatoms. The number of amides is 1. The fraction of sp³-hybridized carbons (Fsp3) is 0.188. The first kappa shape index (κ1) is 16.4. The summed E-state index contributed by atoms with van der Waals surface area (Å²) in [5.74, 6) is 0.430. The monoisotopic (exact) mass is 360 g/mol. The van der Waals surface area contributed by atoms with Crippen molar-refractivity contribution in [2.45, 2.75) is 12.8 Å². The number of hydrogen-bond donors (Lipinski definition) is 2. The zero-order valence-corrected chi connectivity index (χ0v) is 14.6. The molecule has 1 amide bonds. The topological polar surface area (TPSA) is 90.1 Å². The molecule has 3 rings (SSSR count). The lowest BCUT2D eigenvalue weighted by Crippen LogP contribution is -2.12. The van der Waals surface area contributed by atoms with Crippen molar-refractivity contribution in [3.8, 4) is 16.5 Å². The van der Waals surface area contributed by atoms with Crippen molar-refractivity contribution in [1.29, 1.82) is 0 Å². The maximum absolute atomic E-state index is 12.1. The zero-order valence-electron chi connectivity index (χ0n) is 13.0. The molecular formula is C16H16N4O2S2. The Balaban J connectivity index is 1.62. The summed E-state index contributed by atoms with van der Waals surface area (Å²) in [6.07, 6.45) is 2.52. The number of aromatic nitrogens is 2. The maximum atomic E-state index is 12.1. The molecule has 0 saturated heterocycles. The minimum atomic E-state index is -0.0777. The summed E-state index contributed by atoms with van der Waals surface area (Å²) in [6, 6.07) is 7.44. The van der Waals surface area contributed by atoms with Gasteiger partial charge in [-0.15, -0.1) is 22.7 Å². The Labute approximate surface area is 147 Å².